The number of aryl methyl sites for hydroxylation is 2. The number of fused-ring (bicyclic) bond motifs is 6. The fraction of sp³-hybridized carbons (Fsp3) is 0.125. The van der Waals surface area contributed by atoms with Gasteiger partial charge in [0, 0.05) is 56.7 Å². The van der Waals surface area contributed by atoms with Gasteiger partial charge < -0.3 is 9.13 Å². The summed E-state index contributed by atoms with van der Waals surface area (Å²) in [7, 11) is 0. The third-order valence-corrected chi connectivity index (χ3v) is 8.38. The van der Waals surface area contributed by atoms with Crippen molar-refractivity contribution in [1.29, 1.82) is 0 Å². The molecule has 5 nitrogen and oxygen atoms in total. The van der Waals surface area contributed by atoms with E-state index in [1.165, 1.54) is 43.6 Å². The standard InChI is InChI=1S/C40H35N3O2/c1-3-42-37-16-10-8-14-33(37)35-26-29(20-24-39(35)42)18-22-32(41-45-44-28-31-12-6-5-7-13-31)23-19-30-21-25-40-36(27-30)34-15-9-11-17-38(34)43(40)4-2/h5-27H,3-4,28H2,1-2H3. The van der Waals surface area contributed by atoms with Gasteiger partial charge in [0.25, 0.3) is 0 Å². The Labute approximate surface area is 262 Å². The first-order valence-corrected chi connectivity index (χ1v) is 15.5. The van der Waals surface area contributed by atoms with Gasteiger partial charge in [0.15, 0.2) is 0 Å². The van der Waals surface area contributed by atoms with E-state index >= 15 is 0 Å². The second kappa shape index (κ2) is 12.7. The maximum absolute atomic E-state index is 5.44. The van der Waals surface area contributed by atoms with Gasteiger partial charge >= 0.3 is 0 Å². The summed E-state index contributed by atoms with van der Waals surface area (Å²) in [5, 5.41) is 9.34. The first-order chi connectivity index (χ1) is 22.2. The van der Waals surface area contributed by atoms with Crippen LogP contribution in [0, 0.1) is 0 Å². The lowest BCUT2D eigenvalue weighted by Crippen LogP contribution is -1.95. The van der Waals surface area contributed by atoms with E-state index in [-0.39, 0.29) is 0 Å². The van der Waals surface area contributed by atoms with Crippen LogP contribution in [0.3, 0.4) is 0 Å². The molecule has 0 spiro atoms. The van der Waals surface area contributed by atoms with Gasteiger partial charge in [0.2, 0.25) is 0 Å². The lowest BCUT2D eigenvalue weighted by atomic mass is 10.1. The predicted molar refractivity (Wildman–Crippen MR) is 188 cm³/mol. The molecule has 45 heavy (non-hydrogen) atoms. The Morgan fingerprint density at radius 2 is 1.07 bits per heavy atom. The van der Waals surface area contributed by atoms with E-state index in [4.69, 9.17) is 9.88 Å². The van der Waals surface area contributed by atoms with E-state index in [9.17, 15) is 0 Å². The molecule has 5 aromatic carbocycles. The van der Waals surface area contributed by atoms with Crippen LogP contribution in [-0.2, 0) is 29.6 Å². The number of para-hydroxylation sites is 2. The van der Waals surface area contributed by atoms with Crippen molar-refractivity contribution in [2.24, 2.45) is 5.16 Å². The zero-order valence-electron chi connectivity index (χ0n) is 25.6. The summed E-state index contributed by atoms with van der Waals surface area (Å²) in [6.45, 7) is 6.53. The van der Waals surface area contributed by atoms with Crippen molar-refractivity contribution >= 4 is 61.5 Å². The van der Waals surface area contributed by atoms with Gasteiger partial charge in [0.1, 0.15) is 12.3 Å². The Hall–Kier alpha value is -5.39. The van der Waals surface area contributed by atoms with Crippen LogP contribution in [-0.4, -0.2) is 14.8 Å². The zero-order chi connectivity index (χ0) is 30.6. The van der Waals surface area contributed by atoms with Crippen LogP contribution in [0.5, 0.6) is 0 Å². The lowest BCUT2D eigenvalue weighted by molar-refractivity contribution is -0.305. The minimum Gasteiger partial charge on any atom is -0.341 e. The third kappa shape index (κ3) is 5.66. The van der Waals surface area contributed by atoms with Crippen LogP contribution in [0.15, 0.2) is 133 Å². The molecule has 0 unspecified atom stereocenters. The Kier molecular flexibility index (Phi) is 8.00. The Morgan fingerprint density at radius 3 is 1.60 bits per heavy atom. The number of hydrogen-bond donors (Lipinski definition) is 0. The molecule has 0 radical (unpaired) electrons. The minimum absolute atomic E-state index is 0.307. The van der Waals surface area contributed by atoms with Gasteiger partial charge in [-0.2, -0.15) is 4.89 Å². The van der Waals surface area contributed by atoms with Crippen molar-refractivity contribution in [2.45, 2.75) is 33.5 Å². The molecule has 5 heteroatoms. The van der Waals surface area contributed by atoms with Crippen LogP contribution in [0.2, 0.25) is 0 Å². The van der Waals surface area contributed by atoms with Crippen LogP contribution in [0.4, 0.5) is 0 Å². The summed E-state index contributed by atoms with van der Waals surface area (Å²) in [6, 6.07) is 40.3. The number of hydrogen-bond acceptors (Lipinski definition) is 3. The summed E-state index contributed by atoms with van der Waals surface area (Å²) < 4.78 is 4.72. The Bertz CT molecular complexity index is 2080. The number of oxime groups is 1. The third-order valence-electron chi connectivity index (χ3n) is 8.38. The highest BCUT2D eigenvalue weighted by Crippen LogP contribution is 2.31. The van der Waals surface area contributed by atoms with Crippen molar-refractivity contribution in [1.82, 2.24) is 9.13 Å². The summed E-state index contributed by atoms with van der Waals surface area (Å²) >= 11 is 0. The van der Waals surface area contributed by atoms with Crippen molar-refractivity contribution in [3.05, 3.63) is 144 Å². The monoisotopic (exact) mass is 589 g/mol. The number of aromatic nitrogens is 2. The van der Waals surface area contributed by atoms with Gasteiger partial charge in [-0.3, -0.25) is 0 Å². The first kappa shape index (κ1) is 28.4. The topological polar surface area (TPSA) is 40.7 Å². The number of nitrogens with zero attached hydrogens (tertiary/aromatic N) is 3. The molecule has 7 rings (SSSR count). The molecule has 0 aliphatic heterocycles. The zero-order valence-corrected chi connectivity index (χ0v) is 25.6. The molecule has 0 amide bonds. The molecule has 0 atom stereocenters. The predicted octanol–water partition coefficient (Wildman–Crippen LogP) is 10.2. The SMILES string of the molecule is CCn1c2ccccc2c2cc(C=CC(C=Cc3ccc4c(c3)c3ccccc3n4CC)=NOOCc3ccccc3)ccc21. The Morgan fingerprint density at radius 1 is 0.578 bits per heavy atom. The van der Waals surface area contributed by atoms with E-state index in [1.807, 2.05) is 42.5 Å². The maximum atomic E-state index is 5.44. The van der Waals surface area contributed by atoms with E-state index in [1.54, 1.807) is 0 Å². The molecule has 2 heterocycles. The van der Waals surface area contributed by atoms with Crippen LogP contribution in [0.25, 0.3) is 55.8 Å². The van der Waals surface area contributed by atoms with E-state index < -0.39 is 0 Å². The highest BCUT2D eigenvalue weighted by atomic mass is 17.3. The van der Waals surface area contributed by atoms with Gasteiger partial charge in [-0.1, -0.05) is 91.0 Å². The van der Waals surface area contributed by atoms with Crippen LogP contribution < -0.4 is 0 Å². The number of allylic oxidation sites excluding steroid dienone is 2. The Balaban J connectivity index is 1.20. The van der Waals surface area contributed by atoms with Crippen molar-refractivity contribution in [3.8, 4) is 0 Å². The van der Waals surface area contributed by atoms with Crippen LogP contribution >= 0.6 is 0 Å². The highest BCUT2D eigenvalue weighted by molar-refractivity contribution is 6.11. The second-order valence-electron chi connectivity index (χ2n) is 11.1. The van der Waals surface area contributed by atoms with E-state index in [0.717, 1.165) is 29.8 Å². The van der Waals surface area contributed by atoms with E-state index in [0.29, 0.717) is 12.3 Å². The molecule has 222 valence electrons. The number of benzene rings is 5. The highest BCUT2D eigenvalue weighted by Gasteiger charge is 2.10. The molecule has 7 aromatic rings. The van der Waals surface area contributed by atoms with Gasteiger partial charge in [-0.15, -0.1) is 0 Å². The molecule has 0 aliphatic rings. The molecule has 0 aliphatic carbocycles. The van der Waals surface area contributed by atoms with Gasteiger partial charge in [-0.05, 0) is 84.2 Å². The molecule has 2 aromatic heterocycles. The molecule has 0 saturated heterocycles. The average molecular weight is 590 g/mol. The lowest BCUT2D eigenvalue weighted by Gasteiger charge is -2.03. The summed E-state index contributed by atoms with van der Waals surface area (Å²) in [5.41, 5.74) is 8.80. The summed E-state index contributed by atoms with van der Waals surface area (Å²) in [5.74, 6) is 0. The largest absolute Gasteiger partial charge is 0.341 e. The van der Waals surface area contributed by atoms with Gasteiger partial charge in [0.05, 0.1) is 0 Å². The molecule has 0 bridgehead atoms. The smallest absolute Gasteiger partial charge is 0.122 e. The van der Waals surface area contributed by atoms with Crippen molar-refractivity contribution in [2.75, 3.05) is 0 Å². The summed E-state index contributed by atoms with van der Waals surface area (Å²) in [4.78, 5) is 10.8. The minimum atomic E-state index is 0.307. The maximum Gasteiger partial charge on any atom is 0.122 e. The normalized spacial score (nSPS) is 12.0. The van der Waals surface area contributed by atoms with Gasteiger partial charge in [-0.25, -0.2) is 4.99 Å². The van der Waals surface area contributed by atoms with Crippen molar-refractivity contribution < 1.29 is 9.88 Å². The van der Waals surface area contributed by atoms with Crippen LogP contribution in [0.1, 0.15) is 30.5 Å². The quantitative estimate of drug-likeness (QED) is 0.0689. The fourth-order valence-corrected chi connectivity index (χ4v) is 6.25. The molecule has 0 saturated carbocycles. The summed E-state index contributed by atoms with van der Waals surface area (Å²) in [6.07, 6.45) is 8.06. The molecule has 0 N–H and O–H groups in total. The second-order valence-corrected chi connectivity index (χ2v) is 11.1. The molecular weight excluding hydrogens is 554 g/mol. The van der Waals surface area contributed by atoms with E-state index in [2.05, 4.69) is 125 Å². The number of rotatable bonds is 10. The molecular formula is C40H35N3O2. The molecule has 0 fully saturated rings. The first-order valence-electron chi connectivity index (χ1n) is 15.5. The fourth-order valence-electron chi connectivity index (χ4n) is 6.25. The van der Waals surface area contributed by atoms with Crippen molar-refractivity contribution in [3.63, 3.8) is 0 Å². The average Bonchev–Trinajstić information content (AvgIpc) is 3.59.